The Balaban J connectivity index is 1.31. The second-order valence-corrected chi connectivity index (χ2v) is 8.53. The van der Waals surface area contributed by atoms with Crippen molar-refractivity contribution in [2.24, 2.45) is 5.92 Å². The average molecular weight is 390 g/mol. The molecule has 4 rings (SSSR count). The predicted molar refractivity (Wildman–Crippen MR) is 118 cm³/mol. The summed E-state index contributed by atoms with van der Waals surface area (Å²) in [6, 6.07) is 21.6. The molecule has 2 aromatic carbocycles. The molecule has 0 spiro atoms. The van der Waals surface area contributed by atoms with E-state index in [9.17, 15) is 0 Å². The van der Waals surface area contributed by atoms with Crippen LogP contribution in [0.5, 0.6) is 0 Å². The van der Waals surface area contributed by atoms with Crippen LogP contribution in [-0.4, -0.2) is 23.1 Å². The molecule has 0 unspecified atom stereocenters. The molecule has 0 aliphatic carbocycles. The second kappa shape index (κ2) is 9.24. The van der Waals surface area contributed by atoms with Crippen LogP contribution in [0.25, 0.3) is 0 Å². The number of rotatable bonds is 6. The first kappa shape index (κ1) is 19.0. The molecule has 0 radical (unpaired) electrons. The van der Waals surface area contributed by atoms with Gasteiger partial charge in [-0.2, -0.15) is 0 Å². The minimum absolute atomic E-state index is 0.774. The summed E-state index contributed by atoms with van der Waals surface area (Å²) in [6.45, 7) is 4.28. The minimum atomic E-state index is 0.774. The van der Waals surface area contributed by atoms with Crippen LogP contribution in [0.4, 0.5) is 5.82 Å². The molecule has 3 aromatic rings. The van der Waals surface area contributed by atoms with Crippen LogP contribution in [0, 0.1) is 12.8 Å². The zero-order valence-electron chi connectivity index (χ0n) is 16.4. The summed E-state index contributed by atoms with van der Waals surface area (Å²) in [5, 5.41) is 0.865. The van der Waals surface area contributed by atoms with Crippen LogP contribution in [0.2, 0.25) is 0 Å². The Labute approximate surface area is 172 Å². The summed E-state index contributed by atoms with van der Waals surface area (Å²) in [5.74, 6) is 2.75. The molecule has 4 heteroatoms. The van der Waals surface area contributed by atoms with Gasteiger partial charge in [-0.15, -0.1) is 0 Å². The standard InChI is InChI=1S/C24H27N3S/c1-19-7-9-22(10-8-19)18-28-24-25-14-11-23(26-24)27-15-12-21(13-16-27)17-20-5-3-2-4-6-20/h2-11,14,21H,12-13,15-18H2,1H3. The van der Waals surface area contributed by atoms with Crippen molar-refractivity contribution >= 4 is 17.6 Å². The fourth-order valence-corrected chi connectivity index (χ4v) is 4.50. The molecule has 144 valence electrons. The van der Waals surface area contributed by atoms with Gasteiger partial charge in [-0.05, 0) is 49.3 Å². The van der Waals surface area contributed by atoms with Crippen LogP contribution < -0.4 is 4.90 Å². The van der Waals surface area contributed by atoms with E-state index in [1.165, 1.54) is 36.0 Å². The number of aryl methyl sites for hydroxylation is 1. The number of piperidine rings is 1. The van der Waals surface area contributed by atoms with Crippen LogP contribution in [0.3, 0.4) is 0 Å². The highest BCUT2D eigenvalue weighted by Gasteiger charge is 2.20. The van der Waals surface area contributed by atoms with Crippen LogP contribution >= 0.6 is 11.8 Å². The summed E-state index contributed by atoms with van der Waals surface area (Å²) in [4.78, 5) is 11.7. The number of hydrogen-bond donors (Lipinski definition) is 0. The smallest absolute Gasteiger partial charge is 0.189 e. The molecule has 3 nitrogen and oxygen atoms in total. The van der Waals surface area contributed by atoms with E-state index in [1.54, 1.807) is 11.8 Å². The molecular formula is C24H27N3S. The monoisotopic (exact) mass is 389 g/mol. The van der Waals surface area contributed by atoms with E-state index in [0.717, 1.165) is 35.7 Å². The Bertz CT molecular complexity index is 872. The zero-order chi connectivity index (χ0) is 19.2. The van der Waals surface area contributed by atoms with E-state index in [1.807, 2.05) is 12.3 Å². The number of benzene rings is 2. The van der Waals surface area contributed by atoms with Crippen molar-refractivity contribution < 1.29 is 0 Å². The zero-order valence-corrected chi connectivity index (χ0v) is 17.2. The summed E-state index contributed by atoms with van der Waals surface area (Å²) in [7, 11) is 0. The van der Waals surface area contributed by atoms with Crippen molar-refractivity contribution in [2.45, 2.75) is 37.1 Å². The molecule has 1 fully saturated rings. The first-order valence-electron chi connectivity index (χ1n) is 10.1. The van der Waals surface area contributed by atoms with E-state index >= 15 is 0 Å². The fourth-order valence-electron chi connectivity index (χ4n) is 3.72. The third-order valence-corrected chi connectivity index (χ3v) is 6.35. The quantitative estimate of drug-likeness (QED) is 0.409. The van der Waals surface area contributed by atoms with Gasteiger partial charge in [0.05, 0.1) is 0 Å². The van der Waals surface area contributed by atoms with E-state index in [2.05, 4.69) is 71.4 Å². The molecule has 1 aromatic heterocycles. The maximum atomic E-state index is 4.82. The summed E-state index contributed by atoms with van der Waals surface area (Å²) in [5.41, 5.74) is 4.06. The van der Waals surface area contributed by atoms with Gasteiger partial charge in [-0.1, -0.05) is 71.9 Å². The third kappa shape index (κ3) is 5.14. The van der Waals surface area contributed by atoms with Gasteiger partial charge < -0.3 is 4.90 Å². The molecule has 2 heterocycles. The highest BCUT2D eigenvalue weighted by Crippen LogP contribution is 2.26. The second-order valence-electron chi connectivity index (χ2n) is 7.59. The lowest BCUT2D eigenvalue weighted by Gasteiger charge is -2.33. The normalized spacial score (nSPS) is 15.0. The van der Waals surface area contributed by atoms with Gasteiger partial charge in [0.1, 0.15) is 5.82 Å². The first-order chi connectivity index (χ1) is 13.8. The predicted octanol–water partition coefficient (Wildman–Crippen LogP) is 5.54. The molecule has 0 atom stereocenters. The Hall–Kier alpha value is -2.33. The third-order valence-electron chi connectivity index (χ3n) is 5.41. The number of aromatic nitrogens is 2. The van der Waals surface area contributed by atoms with Crippen LogP contribution in [0.1, 0.15) is 29.5 Å². The summed E-state index contributed by atoms with van der Waals surface area (Å²) < 4.78 is 0. The van der Waals surface area contributed by atoms with Gasteiger partial charge in [-0.3, -0.25) is 0 Å². The molecule has 0 amide bonds. The molecule has 0 bridgehead atoms. The maximum Gasteiger partial charge on any atom is 0.189 e. The molecule has 28 heavy (non-hydrogen) atoms. The first-order valence-corrected chi connectivity index (χ1v) is 11.0. The van der Waals surface area contributed by atoms with Crippen molar-refractivity contribution in [3.8, 4) is 0 Å². The Morgan fingerprint density at radius 2 is 1.68 bits per heavy atom. The topological polar surface area (TPSA) is 29.0 Å². The summed E-state index contributed by atoms with van der Waals surface area (Å²) in [6.07, 6.45) is 5.54. The van der Waals surface area contributed by atoms with Crippen LogP contribution in [0.15, 0.2) is 72.0 Å². The van der Waals surface area contributed by atoms with Gasteiger partial charge in [0.25, 0.3) is 0 Å². The molecule has 0 saturated carbocycles. The van der Waals surface area contributed by atoms with Gasteiger partial charge >= 0.3 is 0 Å². The lowest BCUT2D eigenvalue weighted by Crippen LogP contribution is -2.34. The molecule has 1 aliphatic heterocycles. The maximum absolute atomic E-state index is 4.82. The number of hydrogen-bond acceptors (Lipinski definition) is 4. The van der Waals surface area contributed by atoms with Crippen molar-refractivity contribution in [2.75, 3.05) is 18.0 Å². The van der Waals surface area contributed by atoms with Crippen molar-refractivity contribution in [1.82, 2.24) is 9.97 Å². The SMILES string of the molecule is Cc1ccc(CSc2nccc(N3CCC(Cc4ccccc4)CC3)n2)cc1. The van der Waals surface area contributed by atoms with E-state index in [-0.39, 0.29) is 0 Å². The van der Waals surface area contributed by atoms with Gasteiger partial charge in [0.15, 0.2) is 5.16 Å². The molecular weight excluding hydrogens is 362 g/mol. The Morgan fingerprint density at radius 3 is 2.43 bits per heavy atom. The van der Waals surface area contributed by atoms with E-state index in [4.69, 9.17) is 4.98 Å². The highest BCUT2D eigenvalue weighted by atomic mass is 32.2. The van der Waals surface area contributed by atoms with Crippen molar-refractivity contribution in [1.29, 1.82) is 0 Å². The minimum Gasteiger partial charge on any atom is -0.356 e. The molecule has 1 saturated heterocycles. The molecule has 0 N–H and O–H groups in total. The lowest BCUT2D eigenvalue weighted by atomic mass is 9.90. The van der Waals surface area contributed by atoms with Crippen LogP contribution in [-0.2, 0) is 12.2 Å². The molecule has 1 aliphatic rings. The lowest BCUT2D eigenvalue weighted by molar-refractivity contribution is 0.402. The van der Waals surface area contributed by atoms with Crippen molar-refractivity contribution in [3.63, 3.8) is 0 Å². The Morgan fingerprint density at radius 1 is 0.929 bits per heavy atom. The number of thioether (sulfide) groups is 1. The van der Waals surface area contributed by atoms with E-state index in [0.29, 0.717) is 0 Å². The summed E-state index contributed by atoms with van der Waals surface area (Å²) >= 11 is 1.71. The fraction of sp³-hybridized carbons (Fsp3) is 0.333. The number of anilines is 1. The number of nitrogens with zero attached hydrogens (tertiary/aromatic N) is 3. The largest absolute Gasteiger partial charge is 0.356 e. The highest BCUT2D eigenvalue weighted by molar-refractivity contribution is 7.98. The Kier molecular flexibility index (Phi) is 6.27. The van der Waals surface area contributed by atoms with Gasteiger partial charge in [0.2, 0.25) is 0 Å². The van der Waals surface area contributed by atoms with Crippen molar-refractivity contribution in [3.05, 3.63) is 83.6 Å². The van der Waals surface area contributed by atoms with E-state index < -0.39 is 0 Å². The van der Waals surface area contributed by atoms with Gasteiger partial charge in [-0.25, -0.2) is 9.97 Å². The van der Waals surface area contributed by atoms with Gasteiger partial charge in [0, 0.05) is 25.0 Å². The average Bonchev–Trinajstić information content (AvgIpc) is 2.75.